The number of nitrogens with zero attached hydrogens (tertiary/aromatic N) is 1. The molecule has 1 rings (SSSR count). The van der Waals surface area contributed by atoms with Gasteiger partial charge in [-0.15, -0.1) is 0 Å². The number of H-pyrrole nitrogens is 1. The van der Waals surface area contributed by atoms with Gasteiger partial charge in [-0.1, -0.05) is 15.9 Å². The maximum Gasteiger partial charge on any atom is 0.321 e. The molecule has 60 valence electrons. The third kappa shape index (κ3) is 1.59. The fourth-order valence-electron chi connectivity index (χ4n) is 0.819. The van der Waals surface area contributed by atoms with E-state index >= 15 is 0 Å². The van der Waals surface area contributed by atoms with Crippen LogP contribution in [0.1, 0.15) is 11.3 Å². The van der Waals surface area contributed by atoms with Crippen molar-refractivity contribution in [3.05, 3.63) is 27.4 Å². The number of hydrogen-bond donors (Lipinski definition) is 1. The summed E-state index contributed by atoms with van der Waals surface area (Å²) in [5.41, 5.74) is 1.77. The number of aromatic nitrogens is 1. The van der Waals surface area contributed by atoms with Crippen LogP contribution in [-0.4, -0.2) is 9.91 Å². The van der Waals surface area contributed by atoms with Gasteiger partial charge in [0.05, 0.1) is 5.33 Å². The van der Waals surface area contributed by atoms with Crippen molar-refractivity contribution in [2.75, 3.05) is 0 Å². The van der Waals surface area contributed by atoms with E-state index in [1.165, 1.54) is 6.07 Å². The molecule has 4 nitrogen and oxygen atoms in total. The van der Waals surface area contributed by atoms with Gasteiger partial charge in [-0.3, -0.25) is 0 Å². The predicted molar refractivity (Wildman–Crippen MR) is 44.8 cm³/mol. The molecule has 0 aliphatic carbocycles. The molecule has 5 heteroatoms. The summed E-state index contributed by atoms with van der Waals surface area (Å²) in [5, 5.41) is 10.9. The molecule has 1 heterocycles. The van der Waals surface area contributed by atoms with Crippen LogP contribution in [0.3, 0.4) is 0 Å². The van der Waals surface area contributed by atoms with Crippen LogP contribution in [0.4, 0.5) is 5.82 Å². The summed E-state index contributed by atoms with van der Waals surface area (Å²) in [6, 6.07) is 1.52. The summed E-state index contributed by atoms with van der Waals surface area (Å²) >= 11 is 3.22. The van der Waals surface area contributed by atoms with E-state index in [0.29, 0.717) is 5.33 Å². The zero-order chi connectivity index (χ0) is 8.43. The van der Waals surface area contributed by atoms with Crippen LogP contribution in [-0.2, 0) is 5.33 Å². The van der Waals surface area contributed by atoms with Gasteiger partial charge in [0.2, 0.25) is 0 Å². The second-order valence-corrected chi connectivity index (χ2v) is 2.77. The minimum atomic E-state index is -0.431. The van der Waals surface area contributed by atoms with Crippen LogP contribution in [0.15, 0.2) is 6.07 Å². The highest BCUT2D eigenvalue weighted by Crippen LogP contribution is 2.17. The Kier molecular flexibility index (Phi) is 2.28. The van der Waals surface area contributed by atoms with Gasteiger partial charge >= 0.3 is 5.82 Å². The van der Waals surface area contributed by atoms with Crippen LogP contribution in [0, 0.1) is 17.0 Å². The molecule has 0 radical (unpaired) electrons. The fourth-order valence-corrected chi connectivity index (χ4v) is 1.40. The Balaban J connectivity index is 3.05. The fraction of sp³-hybridized carbons (Fsp3) is 0.333. The largest absolute Gasteiger partial charge is 0.358 e. The van der Waals surface area contributed by atoms with E-state index < -0.39 is 4.92 Å². The van der Waals surface area contributed by atoms with Crippen LogP contribution in [0.5, 0.6) is 0 Å². The first-order valence-electron chi connectivity index (χ1n) is 3.04. The third-order valence-corrected chi connectivity index (χ3v) is 2.00. The molecular formula is C6H7BrN2O2. The molecule has 0 unspecified atom stereocenters. The summed E-state index contributed by atoms with van der Waals surface area (Å²) in [6.45, 7) is 1.83. The lowest BCUT2D eigenvalue weighted by atomic mass is 10.3. The quantitative estimate of drug-likeness (QED) is 0.470. The Labute approximate surface area is 71.9 Å². The molecule has 0 spiro atoms. The van der Waals surface area contributed by atoms with Crippen molar-refractivity contribution in [3.8, 4) is 0 Å². The molecule has 0 amide bonds. The molecule has 1 aromatic heterocycles. The zero-order valence-corrected chi connectivity index (χ0v) is 7.51. The average Bonchev–Trinajstić information content (AvgIpc) is 2.31. The minimum absolute atomic E-state index is 0.0527. The van der Waals surface area contributed by atoms with E-state index in [9.17, 15) is 10.1 Å². The van der Waals surface area contributed by atoms with Crippen LogP contribution < -0.4 is 0 Å². The number of nitro groups is 1. The van der Waals surface area contributed by atoms with Gasteiger partial charge in [-0.2, -0.15) is 0 Å². The number of rotatable bonds is 2. The Morgan fingerprint density at radius 1 is 1.82 bits per heavy atom. The number of halogens is 1. The second kappa shape index (κ2) is 3.04. The predicted octanol–water partition coefficient (Wildman–Crippen LogP) is 2.13. The molecule has 1 N–H and O–H groups in total. The monoisotopic (exact) mass is 218 g/mol. The number of aromatic amines is 1. The highest BCUT2D eigenvalue weighted by molar-refractivity contribution is 9.08. The third-order valence-electron chi connectivity index (χ3n) is 1.44. The molecule has 0 bridgehead atoms. The Morgan fingerprint density at radius 3 is 2.73 bits per heavy atom. The minimum Gasteiger partial charge on any atom is -0.358 e. The normalized spacial score (nSPS) is 10.0. The van der Waals surface area contributed by atoms with Crippen molar-refractivity contribution in [3.63, 3.8) is 0 Å². The van der Waals surface area contributed by atoms with Crippen molar-refractivity contribution in [2.24, 2.45) is 0 Å². The van der Waals surface area contributed by atoms with Gasteiger partial charge in [0.25, 0.3) is 0 Å². The van der Waals surface area contributed by atoms with Crippen LogP contribution >= 0.6 is 15.9 Å². The van der Waals surface area contributed by atoms with E-state index in [1.807, 2.05) is 6.92 Å². The number of aryl methyl sites for hydroxylation is 1. The van der Waals surface area contributed by atoms with E-state index in [1.54, 1.807) is 0 Å². The summed E-state index contributed by atoms with van der Waals surface area (Å²) in [7, 11) is 0. The first kappa shape index (κ1) is 8.26. The van der Waals surface area contributed by atoms with Gasteiger partial charge in [-0.05, 0) is 11.8 Å². The maximum atomic E-state index is 10.2. The summed E-state index contributed by atoms with van der Waals surface area (Å²) in [5.74, 6) is 0.0527. The lowest BCUT2D eigenvalue weighted by Gasteiger charge is -1.86. The Morgan fingerprint density at radius 2 is 2.45 bits per heavy atom. The van der Waals surface area contributed by atoms with Crippen molar-refractivity contribution in [1.82, 2.24) is 4.98 Å². The van der Waals surface area contributed by atoms with E-state index in [2.05, 4.69) is 20.9 Å². The van der Waals surface area contributed by atoms with E-state index in [-0.39, 0.29) is 5.82 Å². The maximum absolute atomic E-state index is 10.2. The molecule has 0 aliphatic rings. The van der Waals surface area contributed by atoms with Crippen molar-refractivity contribution < 1.29 is 4.92 Å². The van der Waals surface area contributed by atoms with Gasteiger partial charge in [0, 0.05) is 11.6 Å². The van der Waals surface area contributed by atoms with E-state index in [4.69, 9.17) is 0 Å². The summed E-state index contributed by atoms with van der Waals surface area (Å²) in [6.07, 6.45) is 0. The lowest BCUT2D eigenvalue weighted by molar-refractivity contribution is -0.389. The van der Waals surface area contributed by atoms with Gasteiger partial charge in [0.1, 0.15) is 5.69 Å². The van der Waals surface area contributed by atoms with Gasteiger partial charge < -0.3 is 10.1 Å². The molecule has 0 saturated heterocycles. The first-order chi connectivity index (χ1) is 5.15. The topological polar surface area (TPSA) is 58.9 Å². The molecule has 0 atom stereocenters. The molecule has 1 aromatic rings. The second-order valence-electron chi connectivity index (χ2n) is 2.21. The van der Waals surface area contributed by atoms with E-state index in [0.717, 1.165) is 11.3 Å². The Bertz CT molecular complexity index is 282. The standard InChI is InChI=1S/C6H7BrN2O2/c1-4-2-6(9(10)11)8-5(4)3-7/h2,8H,3H2,1H3. The first-order valence-corrected chi connectivity index (χ1v) is 4.16. The molecule has 0 saturated carbocycles. The average molecular weight is 219 g/mol. The molecule has 11 heavy (non-hydrogen) atoms. The van der Waals surface area contributed by atoms with Crippen molar-refractivity contribution >= 4 is 21.7 Å². The zero-order valence-electron chi connectivity index (χ0n) is 5.93. The van der Waals surface area contributed by atoms with Gasteiger partial charge in [-0.25, -0.2) is 4.98 Å². The molecule has 0 aromatic carbocycles. The molecule has 0 fully saturated rings. The number of hydrogen-bond acceptors (Lipinski definition) is 2. The summed E-state index contributed by atoms with van der Waals surface area (Å²) in [4.78, 5) is 12.5. The highest BCUT2D eigenvalue weighted by Gasteiger charge is 2.10. The Hall–Kier alpha value is -0.840. The number of alkyl halides is 1. The van der Waals surface area contributed by atoms with Crippen LogP contribution in [0.25, 0.3) is 0 Å². The summed E-state index contributed by atoms with van der Waals surface area (Å²) < 4.78 is 0. The van der Waals surface area contributed by atoms with Crippen LogP contribution in [0.2, 0.25) is 0 Å². The molecule has 0 aliphatic heterocycles. The molecular weight excluding hydrogens is 212 g/mol. The lowest BCUT2D eigenvalue weighted by Crippen LogP contribution is -1.87. The smallest absolute Gasteiger partial charge is 0.321 e. The SMILES string of the molecule is Cc1cc([N+](=O)[O-])[nH]c1CBr. The highest BCUT2D eigenvalue weighted by atomic mass is 79.9. The van der Waals surface area contributed by atoms with Crippen molar-refractivity contribution in [2.45, 2.75) is 12.3 Å². The number of nitrogens with one attached hydrogen (secondary N) is 1. The van der Waals surface area contributed by atoms with Crippen molar-refractivity contribution in [1.29, 1.82) is 0 Å². The van der Waals surface area contributed by atoms with Gasteiger partial charge in [0.15, 0.2) is 0 Å².